The van der Waals surface area contributed by atoms with Crippen molar-refractivity contribution in [3.05, 3.63) is 28.7 Å². The lowest BCUT2D eigenvalue weighted by Gasteiger charge is -2.06. The second kappa shape index (κ2) is 4.80. The molecular weight excluding hydrogens is 222 g/mol. The van der Waals surface area contributed by atoms with E-state index >= 15 is 0 Å². The standard InChI is InChI=1S/C10H13N5S/c11-7-1-2-8(15-10(7)12)13-4-3-9-14-5-6-16-9/h1-2,5-6H,3-4,11H2,(H3,12,13,15). The summed E-state index contributed by atoms with van der Waals surface area (Å²) in [6.07, 6.45) is 2.68. The van der Waals surface area contributed by atoms with E-state index in [0.717, 1.165) is 23.8 Å². The first-order valence-corrected chi connectivity index (χ1v) is 5.78. The second-order valence-electron chi connectivity index (χ2n) is 3.27. The van der Waals surface area contributed by atoms with E-state index in [-0.39, 0.29) is 0 Å². The van der Waals surface area contributed by atoms with Gasteiger partial charge in [0, 0.05) is 24.5 Å². The Kier molecular flexibility index (Phi) is 3.21. The summed E-state index contributed by atoms with van der Waals surface area (Å²) < 4.78 is 0. The van der Waals surface area contributed by atoms with Crippen molar-refractivity contribution < 1.29 is 0 Å². The molecule has 0 bridgehead atoms. The molecule has 0 atom stereocenters. The van der Waals surface area contributed by atoms with Gasteiger partial charge in [-0.2, -0.15) is 0 Å². The maximum absolute atomic E-state index is 5.60. The minimum absolute atomic E-state index is 0.360. The monoisotopic (exact) mass is 235 g/mol. The van der Waals surface area contributed by atoms with E-state index in [1.807, 2.05) is 11.4 Å². The fraction of sp³-hybridized carbons (Fsp3) is 0.200. The van der Waals surface area contributed by atoms with Crippen molar-refractivity contribution in [1.82, 2.24) is 9.97 Å². The molecule has 84 valence electrons. The summed E-state index contributed by atoms with van der Waals surface area (Å²) in [6, 6.07) is 3.56. The fourth-order valence-electron chi connectivity index (χ4n) is 1.26. The summed E-state index contributed by atoms with van der Waals surface area (Å²) in [4.78, 5) is 8.31. The summed E-state index contributed by atoms with van der Waals surface area (Å²) in [6.45, 7) is 0.782. The van der Waals surface area contributed by atoms with Crippen molar-refractivity contribution in [3.8, 4) is 0 Å². The van der Waals surface area contributed by atoms with E-state index < -0.39 is 0 Å². The minimum Gasteiger partial charge on any atom is -0.396 e. The average Bonchev–Trinajstić information content (AvgIpc) is 2.76. The zero-order chi connectivity index (χ0) is 11.4. The molecule has 0 aromatic carbocycles. The minimum atomic E-state index is 0.360. The Morgan fingerprint density at radius 3 is 2.88 bits per heavy atom. The van der Waals surface area contributed by atoms with Gasteiger partial charge in [-0.15, -0.1) is 11.3 Å². The lowest BCUT2D eigenvalue weighted by Crippen LogP contribution is -2.07. The Bertz CT molecular complexity index is 454. The summed E-state index contributed by atoms with van der Waals surface area (Å²) in [5.41, 5.74) is 11.7. The van der Waals surface area contributed by atoms with E-state index in [9.17, 15) is 0 Å². The van der Waals surface area contributed by atoms with Gasteiger partial charge in [-0.1, -0.05) is 0 Å². The molecule has 0 fully saturated rings. The lowest BCUT2D eigenvalue weighted by molar-refractivity contribution is 0.988. The number of hydrogen-bond donors (Lipinski definition) is 3. The fourth-order valence-corrected chi connectivity index (χ4v) is 1.88. The first-order valence-electron chi connectivity index (χ1n) is 4.90. The summed E-state index contributed by atoms with van der Waals surface area (Å²) in [5.74, 6) is 1.10. The highest BCUT2D eigenvalue weighted by molar-refractivity contribution is 7.09. The van der Waals surface area contributed by atoms with Crippen LogP contribution in [0.2, 0.25) is 0 Å². The van der Waals surface area contributed by atoms with Crippen molar-refractivity contribution in [3.63, 3.8) is 0 Å². The van der Waals surface area contributed by atoms with Crippen molar-refractivity contribution in [2.24, 2.45) is 0 Å². The van der Waals surface area contributed by atoms with E-state index in [1.165, 1.54) is 0 Å². The number of nitrogens with two attached hydrogens (primary N) is 2. The van der Waals surface area contributed by atoms with Crippen LogP contribution >= 0.6 is 11.3 Å². The van der Waals surface area contributed by atoms with Gasteiger partial charge in [0.15, 0.2) is 0 Å². The number of aromatic nitrogens is 2. The Labute approximate surface area is 97.5 Å². The van der Waals surface area contributed by atoms with Gasteiger partial charge in [-0.25, -0.2) is 9.97 Å². The van der Waals surface area contributed by atoms with Crippen LogP contribution in [0.4, 0.5) is 17.3 Å². The number of nitrogens with zero attached hydrogens (tertiary/aromatic N) is 2. The predicted octanol–water partition coefficient (Wildman–Crippen LogP) is 1.36. The molecule has 0 radical (unpaired) electrons. The Hall–Kier alpha value is -1.82. The van der Waals surface area contributed by atoms with Crippen LogP contribution < -0.4 is 16.8 Å². The molecule has 0 saturated heterocycles. The molecule has 2 aromatic heterocycles. The average molecular weight is 235 g/mol. The Balaban J connectivity index is 1.87. The molecule has 0 saturated carbocycles. The first kappa shape index (κ1) is 10.7. The van der Waals surface area contributed by atoms with Gasteiger partial charge in [0.05, 0.1) is 10.7 Å². The van der Waals surface area contributed by atoms with Crippen LogP contribution in [0.1, 0.15) is 5.01 Å². The normalized spacial score (nSPS) is 10.2. The van der Waals surface area contributed by atoms with Gasteiger partial charge in [-0.3, -0.25) is 0 Å². The molecule has 0 aliphatic carbocycles. The molecule has 16 heavy (non-hydrogen) atoms. The highest BCUT2D eigenvalue weighted by Gasteiger charge is 1.99. The molecule has 5 nitrogen and oxygen atoms in total. The summed E-state index contributed by atoms with van der Waals surface area (Å²) in [7, 11) is 0. The molecule has 5 N–H and O–H groups in total. The molecule has 0 unspecified atom stereocenters. The molecular formula is C10H13N5S. The summed E-state index contributed by atoms with van der Waals surface area (Å²) >= 11 is 1.65. The van der Waals surface area contributed by atoms with Gasteiger partial charge in [0.25, 0.3) is 0 Å². The number of hydrogen-bond acceptors (Lipinski definition) is 6. The van der Waals surface area contributed by atoms with Gasteiger partial charge in [0.2, 0.25) is 0 Å². The van der Waals surface area contributed by atoms with Crippen molar-refractivity contribution in [1.29, 1.82) is 0 Å². The molecule has 2 aromatic rings. The quantitative estimate of drug-likeness (QED) is 0.744. The molecule has 0 aliphatic heterocycles. The molecule has 0 amide bonds. The van der Waals surface area contributed by atoms with Crippen molar-refractivity contribution >= 4 is 28.7 Å². The van der Waals surface area contributed by atoms with E-state index in [1.54, 1.807) is 23.6 Å². The van der Waals surface area contributed by atoms with E-state index in [4.69, 9.17) is 11.5 Å². The predicted molar refractivity (Wildman–Crippen MR) is 67.4 cm³/mol. The topological polar surface area (TPSA) is 89.8 Å². The number of anilines is 3. The first-order chi connectivity index (χ1) is 7.75. The lowest BCUT2D eigenvalue weighted by atomic mass is 10.3. The number of rotatable bonds is 4. The van der Waals surface area contributed by atoms with Crippen LogP contribution in [0.3, 0.4) is 0 Å². The number of nitrogens with one attached hydrogen (secondary N) is 1. The number of thiazole rings is 1. The third-order valence-electron chi connectivity index (χ3n) is 2.09. The SMILES string of the molecule is Nc1ccc(NCCc2nccs2)nc1N. The van der Waals surface area contributed by atoms with Gasteiger partial charge in [-0.05, 0) is 12.1 Å². The van der Waals surface area contributed by atoms with Crippen molar-refractivity contribution in [2.75, 3.05) is 23.3 Å². The summed E-state index contributed by atoms with van der Waals surface area (Å²) in [5, 5.41) is 6.25. The van der Waals surface area contributed by atoms with E-state index in [2.05, 4.69) is 15.3 Å². The highest BCUT2D eigenvalue weighted by Crippen LogP contribution is 2.14. The smallest absolute Gasteiger partial charge is 0.149 e. The third-order valence-corrected chi connectivity index (χ3v) is 2.93. The van der Waals surface area contributed by atoms with Gasteiger partial charge in [0.1, 0.15) is 11.6 Å². The zero-order valence-corrected chi connectivity index (χ0v) is 9.50. The third kappa shape index (κ3) is 2.60. The van der Waals surface area contributed by atoms with Crippen LogP contribution in [0, 0.1) is 0 Å². The van der Waals surface area contributed by atoms with Crippen LogP contribution in [0.5, 0.6) is 0 Å². The maximum atomic E-state index is 5.60. The second-order valence-corrected chi connectivity index (χ2v) is 4.25. The highest BCUT2D eigenvalue weighted by atomic mass is 32.1. The zero-order valence-electron chi connectivity index (χ0n) is 8.68. The Morgan fingerprint density at radius 1 is 1.31 bits per heavy atom. The molecule has 0 aliphatic rings. The molecule has 2 heterocycles. The van der Waals surface area contributed by atoms with Crippen LogP contribution in [-0.4, -0.2) is 16.5 Å². The molecule has 0 spiro atoms. The van der Waals surface area contributed by atoms with Crippen LogP contribution in [0.15, 0.2) is 23.7 Å². The number of nitrogen functional groups attached to an aromatic ring is 2. The van der Waals surface area contributed by atoms with Crippen molar-refractivity contribution in [2.45, 2.75) is 6.42 Å². The molecule has 2 rings (SSSR count). The molecule has 6 heteroatoms. The maximum Gasteiger partial charge on any atom is 0.149 e. The van der Waals surface area contributed by atoms with Crippen LogP contribution in [-0.2, 0) is 6.42 Å². The van der Waals surface area contributed by atoms with Gasteiger partial charge < -0.3 is 16.8 Å². The van der Waals surface area contributed by atoms with E-state index in [0.29, 0.717) is 11.5 Å². The number of pyridine rings is 1. The Morgan fingerprint density at radius 2 is 2.19 bits per heavy atom. The van der Waals surface area contributed by atoms with Gasteiger partial charge >= 0.3 is 0 Å². The van der Waals surface area contributed by atoms with Crippen LogP contribution in [0.25, 0.3) is 0 Å². The largest absolute Gasteiger partial charge is 0.396 e.